The van der Waals surface area contributed by atoms with Crippen molar-refractivity contribution in [3.8, 4) is 0 Å². The van der Waals surface area contributed by atoms with E-state index in [0.29, 0.717) is 30.8 Å². The summed E-state index contributed by atoms with van der Waals surface area (Å²) in [6, 6.07) is 9.01. The monoisotopic (exact) mass is 329 g/mol. The predicted molar refractivity (Wildman–Crippen MR) is 98.8 cm³/mol. The summed E-state index contributed by atoms with van der Waals surface area (Å²) in [5.41, 5.74) is 9.00. The molecule has 0 radical (unpaired) electrons. The Labute approximate surface area is 146 Å². The zero-order valence-corrected chi connectivity index (χ0v) is 15.0. The number of benzene rings is 1. The molecule has 1 saturated carbocycles. The van der Waals surface area contributed by atoms with Gasteiger partial charge in [0, 0.05) is 12.5 Å². The molecular weight excluding hydrogens is 298 g/mol. The van der Waals surface area contributed by atoms with Crippen LogP contribution in [-0.4, -0.2) is 18.6 Å². The van der Waals surface area contributed by atoms with Crippen molar-refractivity contribution >= 4 is 5.97 Å². The highest BCUT2D eigenvalue weighted by Gasteiger charge is 2.30. The first kappa shape index (κ1) is 18.7. The van der Waals surface area contributed by atoms with Crippen LogP contribution in [0.5, 0.6) is 0 Å². The van der Waals surface area contributed by atoms with Crippen molar-refractivity contribution in [2.75, 3.05) is 6.61 Å². The Balaban J connectivity index is 2.00. The molecular formula is C21H31NO2. The standard InChI is InChI=1S/C21H31NO2/c1-4-15(3)12-16-6-9-18(10-7-16)19-13-17(8-11-20(19)22)14-21(23)24-5-2/h4,6-7,9-10,15,17,19-20H,1,5,8,11-14,22H2,2-3H3/t15?,17-,19+,20-/m1/s1. The zero-order chi connectivity index (χ0) is 17.5. The zero-order valence-electron chi connectivity index (χ0n) is 15.0. The van der Waals surface area contributed by atoms with E-state index in [1.807, 2.05) is 13.0 Å². The summed E-state index contributed by atoms with van der Waals surface area (Å²) in [6.07, 6.45) is 6.50. The van der Waals surface area contributed by atoms with Crippen LogP contribution < -0.4 is 5.73 Å². The van der Waals surface area contributed by atoms with Crippen LogP contribution in [-0.2, 0) is 16.0 Å². The van der Waals surface area contributed by atoms with Gasteiger partial charge in [-0.05, 0) is 61.5 Å². The van der Waals surface area contributed by atoms with Gasteiger partial charge in [0.2, 0.25) is 0 Å². The van der Waals surface area contributed by atoms with Crippen molar-refractivity contribution in [2.24, 2.45) is 17.6 Å². The van der Waals surface area contributed by atoms with Crippen LogP contribution in [0.1, 0.15) is 56.6 Å². The van der Waals surface area contributed by atoms with E-state index in [0.717, 1.165) is 25.7 Å². The molecule has 0 spiro atoms. The van der Waals surface area contributed by atoms with Crippen LogP contribution in [0.25, 0.3) is 0 Å². The minimum atomic E-state index is -0.0783. The quantitative estimate of drug-likeness (QED) is 0.602. The third-order valence-corrected chi connectivity index (χ3v) is 5.14. The van der Waals surface area contributed by atoms with Crippen LogP contribution >= 0.6 is 0 Å². The first-order valence-electron chi connectivity index (χ1n) is 9.16. The fourth-order valence-electron chi connectivity index (χ4n) is 3.66. The Kier molecular flexibility index (Phi) is 7.04. The van der Waals surface area contributed by atoms with Crippen LogP contribution in [0.2, 0.25) is 0 Å². The van der Waals surface area contributed by atoms with Crippen LogP contribution in [0, 0.1) is 11.8 Å². The number of carbonyl (C=O) groups excluding carboxylic acids is 1. The molecule has 1 fully saturated rings. The summed E-state index contributed by atoms with van der Waals surface area (Å²) in [5.74, 6) is 1.13. The molecule has 1 aliphatic carbocycles. The maximum absolute atomic E-state index is 11.8. The largest absolute Gasteiger partial charge is 0.466 e. The summed E-state index contributed by atoms with van der Waals surface area (Å²) >= 11 is 0. The van der Waals surface area contributed by atoms with Gasteiger partial charge in [0.05, 0.1) is 6.61 Å². The molecule has 3 nitrogen and oxygen atoms in total. The van der Waals surface area contributed by atoms with E-state index in [9.17, 15) is 4.79 Å². The van der Waals surface area contributed by atoms with Gasteiger partial charge in [0.25, 0.3) is 0 Å². The molecule has 4 atom stereocenters. The van der Waals surface area contributed by atoms with Crippen LogP contribution in [0.4, 0.5) is 0 Å². The molecule has 0 amide bonds. The number of esters is 1. The molecule has 1 unspecified atom stereocenters. The Morgan fingerprint density at radius 1 is 1.38 bits per heavy atom. The average molecular weight is 329 g/mol. The highest BCUT2D eigenvalue weighted by atomic mass is 16.5. The third-order valence-electron chi connectivity index (χ3n) is 5.14. The Morgan fingerprint density at radius 2 is 2.08 bits per heavy atom. The molecule has 0 aliphatic heterocycles. The summed E-state index contributed by atoms with van der Waals surface area (Å²) in [7, 11) is 0. The second kappa shape index (κ2) is 9.03. The number of hydrogen-bond donors (Lipinski definition) is 1. The molecule has 24 heavy (non-hydrogen) atoms. The van der Waals surface area contributed by atoms with Gasteiger partial charge in [-0.25, -0.2) is 0 Å². The fraction of sp³-hybridized carbons (Fsp3) is 0.571. The number of nitrogens with two attached hydrogens (primary N) is 1. The van der Waals surface area contributed by atoms with Crippen molar-refractivity contribution in [3.05, 3.63) is 48.0 Å². The minimum absolute atomic E-state index is 0.0783. The van der Waals surface area contributed by atoms with Gasteiger partial charge in [0.15, 0.2) is 0 Å². The summed E-state index contributed by atoms with van der Waals surface area (Å²) in [4.78, 5) is 11.8. The molecule has 0 saturated heterocycles. The molecule has 0 bridgehead atoms. The fourth-order valence-corrected chi connectivity index (χ4v) is 3.66. The molecule has 132 valence electrons. The highest BCUT2D eigenvalue weighted by Crippen LogP contribution is 2.37. The topological polar surface area (TPSA) is 52.3 Å². The van der Waals surface area contributed by atoms with Gasteiger partial charge in [-0.3, -0.25) is 4.79 Å². The number of allylic oxidation sites excluding steroid dienone is 1. The Morgan fingerprint density at radius 3 is 2.71 bits per heavy atom. The lowest BCUT2D eigenvalue weighted by Crippen LogP contribution is -2.35. The number of carbonyl (C=O) groups is 1. The number of hydrogen-bond acceptors (Lipinski definition) is 3. The van der Waals surface area contributed by atoms with Crippen LogP contribution in [0.3, 0.4) is 0 Å². The van der Waals surface area contributed by atoms with Gasteiger partial charge < -0.3 is 10.5 Å². The maximum Gasteiger partial charge on any atom is 0.306 e. The molecule has 2 N–H and O–H groups in total. The van der Waals surface area contributed by atoms with E-state index in [2.05, 4.69) is 37.8 Å². The van der Waals surface area contributed by atoms with E-state index in [4.69, 9.17) is 10.5 Å². The first-order valence-corrected chi connectivity index (χ1v) is 9.16. The van der Waals surface area contributed by atoms with Gasteiger partial charge in [-0.2, -0.15) is 0 Å². The molecule has 1 aromatic rings. The summed E-state index contributed by atoms with van der Waals surface area (Å²) in [6.45, 7) is 8.34. The number of ether oxygens (including phenoxy) is 1. The molecule has 1 aromatic carbocycles. The SMILES string of the molecule is C=CC(C)Cc1ccc([C@@H]2C[C@H](CC(=O)OCC)CC[C@H]2N)cc1. The molecule has 0 aromatic heterocycles. The lowest BCUT2D eigenvalue weighted by molar-refractivity contribution is -0.144. The average Bonchev–Trinajstić information content (AvgIpc) is 2.57. The molecule has 2 rings (SSSR count). The lowest BCUT2D eigenvalue weighted by atomic mass is 9.74. The van der Waals surface area contributed by atoms with E-state index in [1.165, 1.54) is 11.1 Å². The molecule has 0 heterocycles. The summed E-state index contributed by atoms with van der Waals surface area (Å²) < 4.78 is 5.10. The normalized spacial score (nSPS) is 25.0. The van der Waals surface area contributed by atoms with Gasteiger partial charge >= 0.3 is 5.97 Å². The van der Waals surface area contributed by atoms with Crippen molar-refractivity contribution < 1.29 is 9.53 Å². The highest BCUT2D eigenvalue weighted by molar-refractivity contribution is 5.69. The Bertz CT molecular complexity index is 537. The second-order valence-electron chi connectivity index (χ2n) is 7.12. The Hall–Kier alpha value is -1.61. The predicted octanol–water partition coefficient (Wildman–Crippen LogP) is 4.22. The van der Waals surface area contributed by atoms with E-state index in [1.54, 1.807) is 0 Å². The third kappa shape index (κ3) is 5.20. The minimum Gasteiger partial charge on any atom is -0.466 e. The van der Waals surface area contributed by atoms with Crippen molar-refractivity contribution in [3.63, 3.8) is 0 Å². The van der Waals surface area contributed by atoms with Gasteiger partial charge in [-0.1, -0.05) is 37.3 Å². The number of rotatable bonds is 7. The van der Waals surface area contributed by atoms with E-state index in [-0.39, 0.29) is 12.0 Å². The molecule has 3 heteroatoms. The molecule has 1 aliphatic rings. The van der Waals surface area contributed by atoms with E-state index < -0.39 is 0 Å². The van der Waals surface area contributed by atoms with Gasteiger partial charge in [0.1, 0.15) is 0 Å². The second-order valence-corrected chi connectivity index (χ2v) is 7.12. The van der Waals surface area contributed by atoms with Crippen LogP contribution in [0.15, 0.2) is 36.9 Å². The van der Waals surface area contributed by atoms with Crippen molar-refractivity contribution in [1.29, 1.82) is 0 Å². The van der Waals surface area contributed by atoms with E-state index >= 15 is 0 Å². The first-order chi connectivity index (χ1) is 11.5. The van der Waals surface area contributed by atoms with Gasteiger partial charge in [-0.15, -0.1) is 6.58 Å². The lowest BCUT2D eigenvalue weighted by Gasteiger charge is -2.34. The maximum atomic E-state index is 11.8. The van der Waals surface area contributed by atoms with Crippen molar-refractivity contribution in [2.45, 2.75) is 57.9 Å². The summed E-state index contributed by atoms with van der Waals surface area (Å²) in [5, 5.41) is 0. The van der Waals surface area contributed by atoms with Crippen molar-refractivity contribution in [1.82, 2.24) is 0 Å². The smallest absolute Gasteiger partial charge is 0.306 e.